The van der Waals surface area contributed by atoms with Crippen molar-refractivity contribution in [3.05, 3.63) is 33.8 Å². The quantitative estimate of drug-likeness (QED) is 0.817. The first kappa shape index (κ1) is 17.8. The standard InChI is InChI=1S/C15H18Cl2O4/c1-15(2,3)21-13(20)8-9(7-12(18)19)10-5-4-6-11(16)14(10)17/h4-6,9H,7-8H2,1-3H3,(H,18,19). The summed E-state index contributed by atoms with van der Waals surface area (Å²) in [6.45, 7) is 5.26. The fraction of sp³-hybridized carbons (Fsp3) is 0.467. The maximum Gasteiger partial charge on any atom is 0.306 e. The number of halogens is 2. The maximum atomic E-state index is 11.9. The third kappa shape index (κ3) is 5.94. The molecule has 0 aliphatic carbocycles. The molecule has 1 N–H and O–H groups in total. The highest BCUT2D eigenvalue weighted by Crippen LogP contribution is 2.34. The minimum Gasteiger partial charge on any atom is -0.481 e. The van der Waals surface area contributed by atoms with Gasteiger partial charge in [0.15, 0.2) is 0 Å². The summed E-state index contributed by atoms with van der Waals surface area (Å²) in [5.41, 5.74) is -0.0828. The monoisotopic (exact) mass is 332 g/mol. The zero-order chi connectivity index (χ0) is 16.2. The van der Waals surface area contributed by atoms with E-state index in [1.807, 2.05) is 0 Å². The van der Waals surface area contributed by atoms with Crippen LogP contribution in [0.5, 0.6) is 0 Å². The first-order chi connectivity index (χ1) is 9.60. The fourth-order valence-corrected chi connectivity index (χ4v) is 2.39. The molecule has 6 heteroatoms. The van der Waals surface area contributed by atoms with Gasteiger partial charge in [-0.05, 0) is 32.4 Å². The number of esters is 1. The molecule has 0 aliphatic rings. The van der Waals surface area contributed by atoms with Crippen LogP contribution in [0.15, 0.2) is 18.2 Å². The summed E-state index contributed by atoms with van der Waals surface area (Å²) in [5.74, 6) is -2.06. The van der Waals surface area contributed by atoms with Gasteiger partial charge in [-0.3, -0.25) is 9.59 Å². The van der Waals surface area contributed by atoms with E-state index in [4.69, 9.17) is 33.0 Å². The molecule has 4 nitrogen and oxygen atoms in total. The average molecular weight is 333 g/mol. The van der Waals surface area contributed by atoms with Gasteiger partial charge in [-0.2, -0.15) is 0 Å². The number of benzene rings is 1. The molecule has 0 heterocycles. The number of hydrogen-bond donors (Lipinski definition) is 1. The van der Waals surface area contributed by atoms with Gasteiger partial charge in [-0.15, -0.1) is 0 Å². The van der Waals surface area contributed by atoms with E-state index in [1.165, 1.54) is 0 Å². The van der Waals surface area contributed by atoms with Crippen molar-refractivity contribution in [3.63, 3.8) is 0 Å². The van der Waals surface area contributed by atoms with Gasteiger partial charge in [0.1, 0.15) is 5.60 Å². The Kier molecular flexibility index (Phi) is 6.05. The van der Waals surface area contributed by atoms with E-state index in [2.05, 4.69) is 0 Å². The largest absolute Gasteiger partial charge is 0.481 e. The van der Waals surface area contributed by atoms with Crippen LogP contribution in [-0.4, -0.2) is 22.6 Å². The summed E-state index contributed by atoms with van der Waals surface area (Å²) in [6.07, 6.45) is -0.289. The molecule has 21 heavy (non-hydrogen) atoms. The summed E-state index contributed by atoms with van der Waals surface area (Å²) in [7, 11) is 0. The summed E-state index contributed by atoms with van der Waals surface area (Å²) in [4.78, 5) is 22.9. The van der Waals surface area contributed by atoms with E-state index in [-0.39, 0.29) is 17.9 Å². The smallest absolute Gasteiger partial charge is 0.306 e. The molecular weight excluding hydrogens is 315 g/mol. The highest BCUT2D eigenvalue weighted by Gasteiger charge is 2.25. The lowest BCUT2D eigenvalue weighted by Crippen LogP contribution is -2.25. The molecule has 0 bridgehead atoms. The average Bonchev–Trinajstić information content (AvgIpc) is 2.28. The normalized spacial score (nSPS) is 12.8. The van der Waals surface area contributed by atoms with Crippen molar-refractivity contribution in [1.29, 1.82) is 0 Å². The Morgan fingerprint density at radius 1 is 1.24 bits per heavy atom. The van der Waals surface area contributed by atoms with Gasteiger partial charge < -0.3 is 9.84 Å². The number of carboxylic acids is 1. The summed E-state index contributed by atoms with van der Waals surface area (Å²) in [6, 6.07) is 4.96. The van der Waals surface area contributed by atoms with Gasteiger partial charge in [0.2, 0.25) is 0 Å². The van der Waals surface area contributed by atoms with Crippen LogP contribution in [0, 0.1) is 0 Å². The van der Waals surface area contributed by atoms with Crippen LogP contribution in [0.2, 0.25) is 10.0 Å². The third-order valence-corrected chi connectivity index (χ3v) is 3.51. The first-order valence-corrected chi connectivity index (χ1v) is 7.23. The van der Waals surface area contributed by atoms with Crippen LogP contribution >= 0.6 is 23.2 Å². The topological polar surface area (TPSA) is 63.6 Å². The number of carbonyl (C=O) groups excluding carboxylic acids is 1. The molecule has 1 aromatic carbocycles. The van der Waals surface area contributed by atoms with Crippen molar-refractivity contribution in [2.75, 3.05) is 0 Å². The van der Waals surface area contributed by atoms with Crippen molar-refractivity contribution < 1.29 is 19.4 Å². The SMILES string of the molecule is CC(C)(C)OC(=O)CC(CC(=O)O)c1cccc(Cl)c1Cl. The maximum absolute atomic E-state index is 11.9. The zero-order valence-corrected chi connectivity index (χ0v) is 13.7. The minimum absolute atomic E-state index is 0.0658. The predicted octanol–water partition coefficient (Wildman–Crippen LogP) is 4.28. The lowest BCUT2D eigenvalue weighted by atomic mass is 9.92. The van der Waals surface area contributed by atoms with Crippen LogP contribution in [0.25, 0.3) is 0 Å². The molecule has 0 radical (unpaired) electrons. The lowest BCUT2D eigenvalue weighted by molar-refractivity contribution is -0.155. The number of carboxylic acid groups (broad SMARTS) is 1. The van der Waals surface area contributed by atoms with E-state index in [0.717, 1.165) is 0 Å². The molecule has 1 aromatic rings. The van der Waals surface area contributed by atoms with Gasteiger partial charge in [0.05, 0.1) is 22.9 Å². The first-order valence-electron chi connectivity index (χ1n) is 6.47. The molecule has 116 valence electrons. The highest BCUT2D eigenvalue weighted by molar-refractivity contribution is 6.42. The molecule has 0 saturated carbocycles. The van der Waals surface area contributed by atoms with Crippen LogP contribution < -0.4 is 0 Å². The number of rotatable bonds is 5. The third-order valence-electron chi connectivity index (χ3n) is 2.68. The predicted molar refractivity (Wildman–Crippen MR) is 81.9 cm³/mol. The van der Waals surface area contributed by atoms with Gasteiger partial charge >= 0.3 is 11.9 Å². The second kappa shape index (κ2) is 7.14. The molecule has 1 rings (SSSR count). The molecule has 0 saturated heterocycles. The van der Waals surface area contributed by atoms with Crippen LogP contribution in [0.3, 0.4) is 0 Å². The molecular formula is C15H18Cl2O4. The molecule has 0 fully saturated rings. The van der Waals surface area contributed by atoms with E-state index in [0.29, 0.717) is 10.6 Å². The summed E-state index contributed by atoms with van der Waals surface area (Å²) >= 11 is 12.1. The Morgan fingerprint density at radius 3 is 2.38 bits per heavy atom. The van der Waals surface area contributed by atoms with Crippen molar-refractivity contribution in [2.24, 2.45) is 0 Å². The Bertz CT molecular complexity index is 535. The lowest BCUT2D eigenvalue weighted by Gasteiger charge is -2.22. The molecule has 0 aliphatic heterocycles. The Balaban J connectivity index is 2.98. The van der Waals surface area contributed by atoms with Crippen molar-refractivity contribution in [1.82, 2.24) is 0 Å². The minimum atomic E-state index is -1.01. The molecule has 0 amide bonds. The Morgan fingerprint density at radius 2 is 1.86 bits per heavy atom. The van der Waals surface area contributed by atoms with Gasteiger partial charge in [-0.1, -0.05) is 35.3 Å². The van der Waals surface area contributed by atoms with Gasteiger partial charge in [0, 0.05) is 5.92 Å². The van der Waals surface area contributed by atoms with Crippen molar-refractivity contribution in [3.8, 4) is 0 Å². The van der Waals surface area contributed by atoms with Gasteiger partial charge in [-0.25, -0.2) is 0 Å². The molecule has 1 unspecified atom stereocenters. The number of aliphatic carboxylic acids is 1. The number of ether oxygens (including phenoxy) is 1. The van der Waals surface area contributed by atoms with Crippen LogP contribution in [0.4, 0.5) is 0 Å². The summed E-state index contributed by atoms with van der Waals surface area (Å²) in [5, 5.41) is 9.62. The van der Waals surface area contributed by atoms with E-state index >= 15 is 0 Å². The molecule has 1 atom stereocenters. The number of hydrogen-bond acceptors (Lipinski definition) is 3. The summed E-state index contributed by atoms with van der Waals surface area (Å²) < 4.78 is 5.23. The Hall–Kier alpha value is -1.26. The molecule has 0 aromatic heterocycles. The zero-order valence-electron chi connectivity index (χ0n) is 12.2. The fourth-order valence-electron chi connectivity index (χ4n) is 1.92. The van der Waals surface area contributed by atoms with Gasteiger partial charge in [0.25, 0.3) is 0 Å². The molecule has 0 spiro atoms. The van der Waals surface area contributed by atoms with Crippen LogP contribution in [-0.2, 0) is 14.3 Å². The van der Waals surface area contributed by atoms with E-state index < -0.39 is 23.5 Å². The highest BCUT2D eigenvalue weighted by atomic mass is 35.5. The van der Waals surface area contributed by atoms with E-state index in [1.54, 1.807) is 39.0 Å². The number of carbonyl (C=O) groups is 2. The second-order valence-electron chi connectivity index (χ2n) is 5.73. The van der Waals surface area contributed by atoms with Crippen molar-refractivity contribution >= 4 is 35.1 Å². The van der Waals surface area contributed by atoms with Crippen molar-refractivity contribution in [2.45, 2.75) is 45.1 Å². The van der Waals surface area contributed by atoms with E-state index in [9.17, 15) is 9.59 Å². The second-order valence-corrected chi connectivity index (χ2v) is 6.51. The Labute approximate surface area is 134 Å². The van der Waals surface area contributed by atoms with Crippen LogP contribution in [0.1, 0.15) is 45.1 Å².